The van der Waals surface area contributed by atoms with E-state index in [1.807, 2.05) is 97.8 Å². The standard InChI is InChI=1S/C37H39N3O3.C2H4O2/c1-5-6-7-14-22-33(39-37(41)30-18-12-9-13-19-30)36(40(2)27-28-23-24-34(42-3)35(25-28)43-4)38-32-21-15-20-31(26-32)29-16-10-8-11-17-29;1-4-2-3/h5-6,8-13,15-26H,7,14,27H2,1-4H3,(H,39,41);2H,1H3/b6-5+,33-22+,38-36?;. The highest BCUT2D eigenvalue weighted by Crippen LogP contribution is 2.29. The quantitative estimate of drug-likeness (QED) is 0.0528. The SMILES string of the molecule is C/C=C/CC/C=C(/NC(=O)c1ccccc1)C(=Nc1cccc(-c2ccccc2)c1)N(C)Cc1ccc(OC)c(OC)c1.COC=O. The number of amidine groups is 1. The van der Waals surface area contributed by atoms with Gasteiger partial charge in [0.05, 0.1) is 32.7 Å². The van der Waals surface area contributed by atoms with Crippen LogP contribution in [0.25, 0.3) is 11.1 Å². The zero-order valence-corrected chi connectivity index (χ0v) is 27.7. The van der Waals surface area contributed by atoms with Gasteiger partial charge in [0.25, 0.3) is 12.4 Å². The van der Waals surface area contributed by atoms with E-state index in [9.17, 15) is 4.79 Å². The number of benzene rings is 4. The van der Waals surface area contributed by atoms with E-state index in [4.69, 9.17) is 19.3 Å². The van der Waals surface area contributed by atoms with Gasteiger partial charge in [-0.25, -0.2) is 4.99 Å². The Bertz CT molecular complexity index is 1650. The molecule has 0 saturated carbocycles. The third-order valence-corrected chi connectivity index (χ3v) is 6.96. The number of hydrogen-bond donors (Lipinski definition) is 1. The lowest BCUT2D eigenvalue weighted by molar-refractivity contribution is -0.126. The number of rotatable bonds is 13. The summed E-state index contributed by atoms with van der Waals surface area (Å²) in [5, 5.41) is 3.17. The van der Waals surface area contributed by atoms with E-state index in [1.54, 1.807) is 26.4 Å². The Morgan fingerprint density at radius 1 is 0.809 bits per heavy atom. The number of likely N-dealkylation sites (N-methyl/N-ethyl adjacent to an activating group) is 1. The molecule has 1 amide bonds. The number of aliphatic imine (C=N–C) groups is 1. The Morgan fingerprint density at radius 3 is 2.11 bits per heavy atom. The third-order valence-electron chi connectivity index (χ3n) is 6.96. The predicted molar refractivity (Wildman–Crippen MR) is 189 cm³/mol. The van der Waals surface area contributed by atoms with Gasteiger partial charge in [0.15, 0.2) is 17.3 Å². The van der Waals surface area contributed by atoms with Gasteiger partial charge in [-0.1, -0.05) is 85.0 Å². The van der Waals surface area contributed by atoms with Crippen LogP contribution >= 0.6 is 0 Å². The van der Waals surface area contributed by atoms with Crippen LogP contribution in [-0.2, 0) is 16.1 Å². The molecule has 0 atom stereocenters. The molecule has 4 aromatic carbocycles. The Labute approximate surface area is 278 Å². The van der Waals surface area contributed by atoms with Gasteiger partial charge in [0.1, 0.15) is 0 Å². The van der Waals surface area contributed by atoms with Crippen LogP contribution in [-0.4, -0.2) is 51.5 Å². The summed E-state index contributed by atoms with van der Waals surface area (Å²) in [6.07, 6.45) is 7.77. The summed E-state index contributed by atoms with van der Waals surface area (Å²) in [7, 11) is 6.54. The first-order chi connectivity index (χ1) is 22.9. The van der Waals surface area contributed by atoms with Crippen molar-refractivity contribution in [2.75, 3.05) is 28.4 Å². The Morgan fingerprint density at radius 2 is 1.47 bits per heavy atom. The number of amides is 1. The molecule has 0 aliphatic heterocycles. The molecule has 244 valence electrons. The van der Waals surface area contributed by atoms with Crippen molar-refractivity contribution < 1.29 is 23.8 Å². The molecule has 0 heterocycles. The summed E-state index contributed by atoms with van der Waals surface area (Å²) >= 11 is 0. The summed E-state index contributed by atoms with van der Waals surface area (Å²) in [4.78, 5) is 29.6. The van der Waals surface area contributed by atoms with E-state index in [1.165, 1.54) is 7.11 Å². The number of methoxy groups -OCH3 is 3. The average Bonchev–Trinajstić information content (AvgIpc) is 3.12. The van der Waals surface area contributed by atoms with Gasteiger partial charge in [-0.15, -0.1) is 0 Å². The molecule has 1 N–H and O–H groups in total. The van der Waals surface area contributed by atoms with Crippen LogP contribution in [0.4, 0.5) is 5.69 Å². The van der Waals surface area contributed by atoms with Crippen molar-refractivity contribution in [3.05, 3.63) is 138 Å². The summed E-state index contributed by atoms with van der Waals surface area (Å²) in [6.45, 7) is 2.90. The van der Waals surface area contributed by atoms with Crippen molar-refractivity contribution in [2.24, 2.45) is 4.99 Å². The van der Waals surface area contributed by atoms with E-state index >= 15 is 0 Å². The molecule has 4 rings (SSSR count). The fourth-order valence-electron chi connectivity index (χ4n) is 4.66. The number of ether oxygens (including phenoxy) is 3. The summed E-state index contributed by atoms with van der Waals surface area (Å²) < 4.78 is 14.8. The Kier molecular flexibility index (Phi) is 15.0. The maximum Gasteiger partial charge on any atom is 0.292 e. The fraction of sp³-hybridized carbons (Fsp3) is 0.205. The monoisotopic (exact) mass is 633 g/mol. The zero-order chi connectivity index (χ0) is 33.9. The van der Waals surface area contributed by atoms with E-state index in [0.717, 1.165) is 35.2 Å². The number of nitrogens with zero attached hydrogens (tertiary/aromatic N) is 2. The molecular weight excluding hydrogens is 590 g/mol. The largest absolute Gasteiger partial charge is 0.493 e. The van der Waals surface area contributed by atoms with Crippen LogP contribution < -0.4 is 14.8 Å². The maximum absolute atomic E-state index is 13.4. The lowest BCUT2D eigenvalue weighted by Crippen LogP contribution is -2.36. The molecule has 0 aliphatic carbocycles. The smallest absolute Gasteiger partial charge is 0.292 e. The average molecular weight is 634 g/mol. The molecule has 0 aliphatic rings. The first-order valence-electron chi connectivity index (χ1n) is 15.2. The molecule has 0 radical (unpaired) electrons. The van der Waals surface area contributed by atoms with Crippen LogP contribution in [0.3, 0.4) is 0 Å². The predicted octanol–water partition coefficient (Wildman–Crippen LogP) is 7.99. The number of carbonyl (C=O) groups excluding carboxylic acids is 2. The van der Waals surface area contributed by atoms with Gasteiger partial charge < -0.3 is 24.4 Å². The minimum absolute atomic E-state index is 0.192. The highest BCUT2D eigenvalue weighted by Gasteiger charge is 2.18. The normalized spacial score (nSPS) is 11.3. The van der Waals surface area contributed by atoms with Gasteiger partial charge in [-0.2, -0.15) is 0 Å². The number of hydrogen-bond acceptors (Lipinski definition) is 6. The second-order valence-electron chi connectivity index (χ2n) is 10.3. The third kappa shape index (κ3) is 11.3. The zero-order valence-electron chi connectivity index (χ0n) is 27.7. The number of carbonyl (C=O) groups is 2. The summed E-state index contributed by atoms with van der Waals surface area (Å²) in [5.74, 6) is 1.77. The number of allylic oxidation sites excluding steroid dienone is 3. The molecular formula is C39H43N3O5. The van der Waals surface area contributed by atoms with Gasteiger partial charge in [0.2, 0.25) is 0 Å². The highest BCUT2D eigenvalue weighted by atomic mass is 16.5. The van der Waals surface area contributed by atoms with E-state index in [2.05, 4.69) is 40.4 Å². The molecule has 0 bridgehead atoms. The van der Waals surface area contributed by atoms with Crippen LogP contribution in [0, 0.1) is 0 Å². The van der Waals surface area contributed by atoms with Crippen molar-refractivity contribution in [2.45, 2.75) is 26.3 Å². The van der Waals surface area contributed by atoms with Crippen LogP contribution in [0.1, 0.15) is 35.7 Å². The lowest BCUT2D eigenvalue weighted by Gasteiger charge is -2.25. The number of unbranched alkanes of at least 4 members (excludes halogenated alkanes) is 1. The van der Waals surface area contributed by atoms with Crippen molar-refractivity contribution in [1.82, 2.24) is 10.2 Å². The Balaban J connectivity index is 0.00000142. The van der Waals surface area contributed by atoms with Gasteiger partial charge in [-0.05, 0) is 72.9 Å². The molecule has 8 nitrogen and oxygen atoms in total. The molecule has 0 saturated heterocycles. The van der Waals surface area contributed by atoms with Gasteiger partial charge >= 0.3 is 0 Å². The second-order valence-corrected chi connectivity index (χ2v) is 10.3. The summed E-state index contributed by atoms with van der Waals surface area (Å²) in [5.41, 5.74) is 5.19. The summed E-state index contributed by atoms with van der Waals surface area (Å²) in [6, 6.07) is 33.4. The second kappa shape index (κ2) is 19.7. The van der Waals surface area contributed by atoms with Crippen molar-refractivity contribution in [3.8, 4) is 22.6 Å². The minimum Gasteiger partial charge on any atom is -0.493 e. The molecule has 0 spiro atoms. The number of nitrogens with one attached hydrogen (secondary N) is 1. The molecule has 0 unspecified atom stereocenters. The minimum atomic E-state index is -0.192. The first kappa shape index (κ1) is 35.8. The molecule has 8 heteroatoms. The van der Waals surface area contributed by atoms with E-state index < -0.39 is 0 Å². The maximum atomic E-state index is 13.4. The van der Waals surface area contributed by atoms with E-state index in [0.29, 0.717) is 41.6 Å². The van der Waals surface area contributed by atoms with Crippen LogP contribution in [0.2, 0.25) is 0 Å². The molecule has 0 fully saturated rings. The topological polar surface area (TPSA) is 89.5 Å². The Hall–Kier alpha value is -5.63. The lowest BCUT2D eigenvalue weighted by atomic mass is 10.1. The first-order valence-corrected chi connectivity index (χ1v) is 15.2. The fourth-order valence-corrected chi connectivity index (χ4v) is 4.66. The van der Waals surface area contributed by atoms with Gasteiger partial charge in [-0.3, -0.25) is 9.59 Å². The molecule has 47 heavy (non-hydrogen) atoms. The van der Waals surface area contributed by atoms with Crippen molar-refractivity contribution in [3.63, 3.8) is 0 Å². The van der Waals surface area contributed by atoms with Crippen LogP contribution in [0.15, 0.2) is 132 Å². The molecule has 0 aromatic heterocycles. The van der Waals surface area contributed by atoms with Crippen molar-refractivity contribution >= 4 is 23.9 Å². The van der Waals surface area contributed by atoms with E-state index in [-0.39, 0.29) is 5.91 Å². The highest BCUT2D eigenvalue weighted by molar-refractivity contribution is 6.06. The van der Waals surface area contributed by atoms with Gasteiger partial charge in [0, 0.05) is 19.2 Å². The van der Waals surface area contributed by atoms with Crippen molar-refractivity contribution in [1.29, 1.82) is 0 Å². The van der Waals surface area contributed by atoms with Crippen LogP contribution in [0.5, 0.6) is 11.5 Å². The molecule has 4 aromatic rings.